The molecule has 2 nitrogen and oxygen atoms in total. The molecule has 1 aromatic heterocycles. The largest absolute Gasteiger partial charge is 0.314 e. The van der Waals surface area contributed by atoms with Crippen molar-refractivity contribution in [3.8, 4) is 0 Å². The summed E-state index contributed by atoms with van der Waals surface area (Å²) in [4.78, 5) is 2.68. The van der Waals surface area contributed by atoms with Crippen LogP contribution in [0.5, 0.6) is 0 Å². The minimum absolute atomic E-state index is 0.695. The van der Waals surface area contributed by atoms with Gasteiger partial charge in [0.15, 0.2) is 0 Å². The van der Waals surface area contributed by atoms with Crippen molar-refractivity contribution < 1.29 is 0 Å². The lowest BCUT2D eigenvalue weighted by molar-refractivity contribution is 0.161. The highest BCUT2D eigenvalue weighted by molar-refractivity contribution is 7.07. The van der Waals surface area contributed by atoms with Crippen molar-refractivity contribution in [3.05, 3.63) is 22.4 Å². The summed E-state index contributed by atoms with van der Waals surface area (Å²) in [5, 5.41) is 8.01. The molecule has 0 radical (unpaired) electrons. The second kappa shape index (κ2) is 4.86. The van der Waals surface area contributed by atoms with Crippen LogP contribution in [0.2, 0.25) is 0 Å². The summed E-state index contributed by atoms with van der Waals surface area (Å²) in [7, 11) is 0. The molecule has 1 aliphatic heterocycles. The van der Waals surface area contributed by atoms with Gasteiger partial charge in [-0.3, -0.25) is 4.90 Å². The molecule has 16 heavy (non-hydrogen) atoms. The van der Waals surface area contributed by atoms with E-state index < -0.39 is 0 Å². The molecule has 1 N–H and O–H groups in total. The average molecular weight is 236 g/mol. The maximum absolute atomic E-state index is 3.44. The molecule has 2 heterocycles. The highest BCUT2D eigenvalue weighted by Crippen LogP contribution is 2.40. The van der Waals surface area contributed by atoms with Gasteiger partial charge in [-0.05, 0) is 34.7 Å². The molecule has 1 saturated heterocycles. The van der Waals surface area contributed by atoms with Crippen molar-refractivity contribution in [1.82, 2.24) is 10.2 Å². The zero-order valence-corrected chi connectivity index (χ0v) is 10.5. The molecule has 0 amide bonds. The third kappa shape index (κ3) is 2.47. The second-order valence-electron chi connectivity index (χ2n) is 5.04. The van der Waals surface area contributed by atoms with Gasteiger partial charge in [-0.25, -0.2) is 0 Å². The minimum Gasteiger partial charge on any atom is -0.314 e. The molecule has 2 fully saturated rings. The van der Waals surface area contributed by atoms with E-state index in [2.05, 4.69) is 27.0 Å². The Bertz CT molecular complexity index is 313. The van der Waals surface area contributed by atoms with Gasteiger partial charge >= 0.3 is 0 Å². The van der Waals surface area contributed by atoms with Crippen molar-refractivity contribution >= 4 is 11.3 Å². The van der Waals surface area contributed by atoms with Crippen LogP contribution in [0.25, 0.3) is 0 Å². The van der Waals surface area contributed by atoms with Crippen LogP contribution in [-0.4, -0.2) is 31.1 Å². The molecule has 0 bridgehead atoms. The first kappa shape index (κ1) is 10.8. The summed E-state index contributed by atoms with van der Waals surface area (Å²) in [5.41, 5.74) is 1.55. The fraction of sp³-hybridized carbons (Fsp3) is 0.692. The van der Waals surface area contributed by atoms with Crippen LogP contribution in [0.15, 0.2) is 16.8 Å². The molecule has 0 unspecified atom stereocenters. The van der Waals surface area contributed by atoms with Gasteiger partial charge < -0.3 is 5.32 Å². The fourth-order valence-electron chi connectivity index (χ4n) is 2.62. The van der Waals surface area contributed by atoms with Crippen LogP contribution in [-0.2, 0) is 0 Å². The van der Waals surface area contributed by atoms with Crippen LogP contribution in [0, 0.1) is 5.92 Å². The molecular formula is C13H20N2S. The number of thiophene rings is 1. The third-order valence-electron chi connectivity index (χ3n) is 3.77. The summed E-state index contributed by atoms with van der Waals surface area (Å²) in [6.45, 7) is 4.75. The van der Waals surface area contributed by atoms with E-state index in [1.165, 1.54) is 32.4 Å². The lowest BCUT2D eigenvalue weighted by Crippen LogP contribution is -2.45. The van der Waals surface area contributed by atoms with Crippen LogP contribution in [0.4, 0.5) is 0 Å². The molecular weight excluding hydrogens is 216 g/mol. The Hall–Kier alpha value is -0.380. The molecule has 3 heteroatoms. The first-order valence-corrected chi connectivity index (χ1v) is 7.34. The van der Waals surface area contributed by atoms with E-state index >= 15 is 0 Å². The fourth-order valence-corrected chi connectivity index (χ4v) is 3.33. The Kier molecular flexibility index (Phi) is 3.27. The van der Waals surface area contributed by atoms with Gasteiger partial charge in [-0.2, -0.15) is 11.3 Å². The topological polar surface area (TPSA) is 15.3 Å². The van der Waals surface area contributed by atoms with Crippen LogP contribution in [0.1, 0.15) is 30.9 Å². The van der Waals surface area contributed by atoms with Crippen LogP contribution >= 0.6 is 11.3 Å². The predicted molar refractivity (Wildman–Crippen MR) is 68.8 cm³/mol. The lowest BCUT2D eigenvalue weighted by Gasteiger charge is -2.35. The third-order valence-corrected chi connectivity index (χ3v) is 4.48. The van der Waals surface area contributed by atoms with Crippen LogP contribution in [0.3, 0.4) is 0 Å². The highest BCUT2D eigenvalue weighted by Gasteiger charge is 2.30. The molecule has 0 aromatic carbocycles. The van der Waals surface area contributed by atoms with Gasteiger partial charge in [0.2, 0.25) is 0 Å². The van der Waals surface area contributed by atoms with E-state index in [-0.39, 0.29) is 0 Å². The first-order chi connectivity index (χ1) is 7.93. The number of hydrogen-bond donors (Lipinski definition) is 1. The Labute approximate surface area is 102 Å². The second-order valence-corrected chi connectivity index (χ2v) is 5.82. The lowest BCUT2D eigenvalue weighted by atomic mass is 10.0. The minimum atomic E-state index is 0.695. The molecule has 0 spiro atoms. The SMILES string of the molecule is c1cc([C@@H](CC2CC2)N2CCNCC2)cs1. The maximum atomic E-state index is 3.44. The summed E-state index contributed by atoms with van der Waals surface area (Å²) < 4.78 is 0. The summed E-state index contributed by atoms with van der Waals surface area (Å²) in [6, 6.07) is 3.01. The highest BCUT2D eigenvalue weighted by atomic mass is 32.1. The number of hydrogen-bond acceptors (Lipinski definition) is 3. The van der Waals surface area contributed by atoms with Crippen LogP contribution < -0.4 is 5.32 Å². The Morgan fingerprint density at radius 3 is 2.81 bits per heavy atom. The van der Waals surface area contributed by atoms with E-state index in [1.807, 2.05) is 11.3 Å². The van der Waals surface area contributed by atoms with Crippen molar-refractivity contribution in [3.63, 3.8) is 0 Å². The number of nitrogens with one attached hydrogen (secondary N) is 1. The van der Waals surface area contributed by atoms with Gasteiger partial charge in [0.05, 0.1) is 0 Å². The van der Waals surface area contributed by atoms with Gasteiger partial charge in [-0.1, -0.05) is 12.8 Å². The molecule has 1 aromatic rings. The van der Waals surface area contributed by atoms with Crippen molar-refractivity contribution in [2.75, 3.05) is 26.2 Å². The average Bonchev–Trinajstić information content (AvgIpc) is 3.00. The van der Waals surface area contributed by atoms with Crippen molar-refractivity contribution in [2.24, 2.45) is 5.92 Å². The van der Waals surface area contributed by atoms with Gasteiger partial charge in [-0.15, -0.1) is 0 Å². The standard InChI is InChI=1S/C13H20N2S/c1-2-11(1)9-13(12-3-8-16-10-12)15-6-4-14-5-7-15/h3,8,10-11,13-14H,1-2,4-7,9H2/t13-/m1/s1. The van der Waals surface area contributed by atoms with Gasteiger partial charge in [0.1, 0.15) is 0 Å². The van der Waals surface area contributed by atoms with E-state index in [0.29, 0.717) is 6.04 Å². The van der Waals surface area contributed by atoms with E-state index in [9.17, 15) is 0 Å². The number of nitrogens with zero attached hydrogens (tertiary/aromatic N) is 1. The first-order valence-electron chi connectivity index (χ1n) is 6.40. The molecule has 1 saturated carbocycles. The summed E-state index contributed by atoms with van der Waals surface area (Å²) in [6.07, 6.45) is 4.32. The normalized spacial score (nSPS) is 24.5. The predicted octanol–water partition coefficient (Wildman–Crippen LogP) is 2.49. The molecule has 1 atom stereocenters. The Morgan fingerprint density at radius 1 is 1.38 bits per heavy atom. The van der Waals surface area contributed by atoms with Gasteiger partial charge in [0, 0.05) is 32.2 Å². The van der Waals surface area contributed by atoms with Gasteiger partial charge in [0.25, 0.3) is 0 Å². The Balaban J connectivity index is 1.71. The number of piperazine rings is 1. The molecule has 1 aliphatic carbocycles. The zero-order valence-electron chi connectivity index (χ0n) is 9.69. The smallest absolute Gasteiger partial charge is 0.0360 e. The Morgan fingerprint density at radius 2 is 2.19 bits per heavy atom. The van der Waals surface area contributed by atoms with E-state index in [0.717, 1.165) is 19.0 Å². The molecule has 2 aliphatic rings. The van der Waals surface area contributed by atoms with Crippen molar-refractivity contribution in [1.29, 1.82) is 0 Å². The van der Waals surface area contributed by atoms with E-state index in [4.69, 9.17) is 0 Å². The zero-order chi connectivity index (χ0) is 10.8. The van der Waals surface area contributed by atoms with Crippen molar-refractivity contribution in [2.45, 2.75) is 25.3 Å². The number of rotatable bonds is 4. The monoisotopic (exact) mass is 236 g/mol. The summed E-state index contributed by atoms with van der Waals surface area (Å²) >= 11 is 1.84. The van der Waals surface area contributed by atoms with E-state index in [1.54, 1.807) is 5.56 Å². The summed E-state index contributed by atoms with van der Waals surface area (Å²) in [5.74, 6) is 1.01. The quantitative estimate of drug-likeness (QED) is 0.864. The molecule has 3 rings (SSSR count). The molecule has 88 valence electrons. The maximum Gasteiger partial charge on any atom is 0.0360 e.